The van der Waals surface area contributed by atoms with Crippen LogP contribution in [0, 0.1) is 0 Å². The van der Waals surface area contributed by atoms with Crippen LogP contribution in [0.25, 0.3) is 0 Å². The molecule has 5 nitrogen and oxygen atoms in total. The van der Waals surface area contributed by atoms with Crippen LogP contribution in [0.15, 0.2) is 24.3 Å². The minimum absolute atomic E-state index is 0.00516. The smallest absolute Gasteiger partial charge is 0.243 e. The number of benzene rings is 1. The quantitative estimate of drug-likeness (QED) is 0.881. The van der Waals surface area contributed by atoms with Crippen molar-refractivity contribution in [2.24, 2.45) is 0 Å². The molecule has 1 saturated heterocycles. The zero-order chi connectivity index (χ0) is 18.1. The van der Waals surface area contributed by atoms with Gasteiger partial charge in [-0.2, -0.15) is 0 Å². The molecule has 1 fully saturated rings. The van der Waals surface area contributed by atoms with Gasteiger partial charge in [-0.15, -0.1) is 0 Å². The van der Waals surface area contributed by atoms with Gasteiger partial charge in [-0.05, 0) is 44.2 Å². The maximum absolute atomic E-state index is 13.3. The Hall–Kier alpha value is -1.88. The summed E-state index contributed by atoms with van der Waals surface area (Å²) >= 11 is 0. The van der Waals surface area contributed by atoms with Crippen LogP contribution in [0.1, 0.15) is 57.7 Å². The van der Waals surface area contributed by atoms with Gasteiger partial charge in [0.05, 0.1) is 12.1 Å². The largest absolute Gasteiger partial charge is 0.352 e. The lowest BCUT2D eigenvalue weighted by Crippen LogP contribution is -2.54. The highest BCUT2D eigenvalue weighted by Gasteiger charge is 2.46. The first-order valence-corrected chi connectivity index (χ1v) is 9.35. The van der Waals surface area contributed by atoms with E-state index in [1.165, 1.54) is 11.1 Å². The molecule has 2 amide bonds. The summed E-state index contributed by atoms with van der Waals surface area (Å²) in [4.78, 5) is 27.8. The zero-order valence-electron chi connectivity index (χ0n) is 15.6. The maximum atomic E-state index is 13.3. The average Bonchev–Trinajstić information content (AvgIpc) is 2.93. The van der Waals surface area contributed by atoms with Crippen LogP contribution in [0.5, 0.6) is 0 Å². The van der Waals surface area contributed by atoms with Crippen molar-refractivity contribution in [3.63, 3.8) is 0 Å². The SMILES string of the molecule is CC(C)NC(=O)[C@@H]1CC[C@@H]2c3ccccc3C[C@@H](NC(C)C)C(=O)N21. The first-order chi connectivity index (χ1) is 11.9. The first kappa shape index (κ1) is 17.9. The van der Waals surface area contributed by atoms with E-state index in [0.717, 1.165) is 12.8 Å². The predicted octanol–water partition coefficient (Wildman–Crippen LogP) is 2.17. The second kappa shape index (κ2) is 7.16. The van der Waals surface area contributed by atoms with Crippen LogP contribution < -0.4 is 10.6 Å². The van der Waals surface area contributed by atoms with Crippen LogP contribution in [-0.4, -0.2) is 40.9 Å². The third-order valence-corrected chi connectivity index (χ3v) is 5.04. The molecule has 2 aliphatic rings. The molecule has 1 aromatic carbocycles. The Morgan fingerprint density at radius 3 is 2.52 bits per heavy atom. The van der Waals surface area contributed by atoms with E-state index in [9.17, 15) is 9.59 Å². The number of nitrogens with zero attached hydrogens (tertiary/aromatic N) is 1. The third kappa shape index (κ3) is 3.56. The minimum atomic E-state index is -0.373. The van der Waals surface area contributed by atoms with Crippen LogP contribution in [0.2, 0.25) is 0 Å². The van der Waals surface area contributed by atoms with Gasteiger partial charge in [0.1, 0.15) is 6.04 Å². The Balaban J connectivity index is 1.97. The molecule has 0 spiro atoms. The monoisotopic (exact) mass is 343 g/mol. The molecule has 0 saturated carbocycles. The summed E-state index contributed by atoms with van der Waals surface area (Å²) in [6.07, 6.45) is 2.24. The summed E-state index contributed by atoms with van der Waals surface area (Å²) in [5.74, 6) is 0.0184. The highest BCUT2D eigenvalue weighted by atomic mass is 16.2. The van der Waals surface area contributed by atoms with E-state index in [0.29, 0.717) is 6.42 Å². The molecule has 3 atom stereocenters. The van der Waals surface area contributed by atoms with E-state index in [1.54, 1.807) is 0 Å². The van der Waals surface area contributed by atoms with E-state index in [1.807, 2.05) is 30.9 Å². The standard InChI is InChI=1S/C20H29N3O2/c1-12(2)21-16-11-14-7-5-6-8-15(14)17-9-10-18(23(17)20(16)25)19(24)22-13(3)4/h5-8,12-13,16-18,21H,9-11H2,1-4H3,(H,22,24)/t16-,17-,18+/m1/s1. The molecule has 25 heavy (non-hydrogen) atoms. The lowest BCUT2D eigenvalue weighted by atomic mass is 9.96. The highest BCUT2D eigenvalue weighted by molar-refractivity contribution is 5.91. The van der Waals surface area contributed by atoms with Gasteiger partial charge in [0.2, 0.25) is 11.8 Å². The molecule has 136 valence electrons. The van der Waals surface area contributed by atoms with Gasteiger partial charge in [0.25, 0.3) is 0 Å². The fourth-order valence-electron chi connectivity index (χ4n) is 4.13. The van der Waals surface area contributed by atoms with Crippen LogP contribution in [0.3, 0.4) is 0 Å². The molecule has 1 aromatic rings. The van der Waals surface area contributed by atoms with Gasteiger partial charge in [-0.25, -0.2) is 0 Å². The Morgan fingerprint density at radius 2 is 1.84 bits per heavy atom. The van der Waals surface area contributed by atoms with Crippen molar-refractivity contribution < 1.29 is 9.59 Å². The second-order valence-corrected chi connectivity index (χ2v) is 7.79. The molecule has 5 heteroatoms. The highest BCUT2D eigenvalue weighted by Crippen LogP contribution is 2.40. The number of carbonyl (C=O) groups is 2. The molecule has 0 radical (unpaired) electrons. The van der Waals surface area contributed by atoms with E-state index >= 15 is 0 Å². The summed E-state index contributed by atoms with van der Waals surface area (Å²) in [5.41, 5.74) is 2.41. The van der Waals surface area contributed by atoms with Gasteiger partial charge in [-0.1, -0.05) is 38.1 Å². The van der Waals surface area contributed by atoms with Gasteiger partial charge < -0.3 is 15.5 Å². The van der Waals surface area contributed by atoms with Crippen LogP contribution in [-0.2, 0) is 16.0 Å². The summed E-state index contributed by atoms with van der Waals surface area (Å²) in [7, 11) is 0. The molecule has 0 aliphatic carbocycles. The Morgan fingerprint density at radius 1 is 1.12 bits per heavy atom. The van der Waals surface area contributed by atoms with Crippen LogP contribution in [0.4, 0.5) is 0 Å². The van der Waals surface area contributed by atoms with Crippen molar-refractivity contribution in [2.45, 2.75) is 77.2 Å². The summed E-state index contributed by atoms with van der Waals surface area (Å²) in [5, 5.41) is 6.39. The van der Waals surface area contributed by atoms with Crippen molar-refractivity contribution >= 4 is 11.8 Å². The van der Waals surface area contributed by atoms with E-state index in [-0.39, 0.29) is 42.0 Å². The summed E-state index contributed by atoms with van der Waals surface area (Å²) < 4.78 is 0. The predicted molar refractivity (Wildman–Crippen MR) is 98.1 cm³/mol. The van der Waals surface area contributed by atoms with Gasteiger partial charge in [-0.3, -0.25) is 9.59 Å². The van der Waals surface area contributed by atoms with E-state index < -0.39 is 0 Å². The lowest BCUT2D eigenvalue weighted by molar-refractivity contribution is -0.142. The number of nitrogens with one attached hydrogen (secondary N) is 2. The maximum Gasteiger partial charge on any atom is 0.243 e. The molecule has 2 N–H and O–H groups in total. The number of hydrogen-bond acceptors (Lipinski definition) is 3. The number of rotatable bonds is 4. The number of amides is 2. The Kier molecular flexibility index (Phi) is 5.13. The molecular formula is C20H29N3O2. The van der Waals surface area contributed by atoms with Crippen molar-refractivity contribution in [1.29, 1.82) is 0 Å². The first-order valence-electron chi connectivity index (χ1n) is 9.35. The zero-order valence-corrected chi connectivity index (χ0v) is 15.6. The normalized spacial score (nSPS) is 25.8. The molecule has 0 unspecified atom stereocenters. The van der Waals surface area contributed by atoms with Crippen LogP contribution >= 0.6 is 0 Å². The fourth-order valence-corrected chi connectivity index (χ4v) is 4.13. The van der Waals surface area contributed by atoms with E-state index in [4.69, 9.17) is 0 Å². The molecule has 3 rings (SSSR count). The lowest BCUT2D eigenvalue weighted by Gasteiger charge is -2.32. The second-order valence-electron chi connectivity index (χ2n) is 7.79. The number of fused-ring (bicyclic) bond motifs is 3. The van der Waals surface area contributed by atoms with Gasteiger partial charge in [0, 0.05) is 12.1 Å². The molecule has 0 aromatic heterocycles. The summed E-state index contributed by atoms with van der Waals surface area (Å²) in [6.45, 7) is 8.00. The van der Waals surface area contributed by atoms with Crippen molar-refractivity contribution in [1.82, 2.24) is 15.5 Å². The Labute approximate surface area is 150 Å². The average molecular weight is 343 g/mol. The molecular weight excluding hydrogens is 314 g/mol. The van der Waals surface area contributed by atoms with Gasteiger partial charge in [0.15, 0.2) is 0 Å². The number of carbonyl (C=O) groups excluding carboxylic acids is 2. The topological polar surface area (TPSA) is 61.4 Å². The molecule has 0 bridgehead atoms. The number of hydrogen-bond donors (Lipinski definition) is 2. The summed E-state index contributed by atoms with van der Waals surface area (Å²) in [6, 6.07) is 7.92. The third-order valence-electron chi connectivity index (χ3n) is 5.04. The molecule has 2 heterocycles. The van der Waals surface area contributed by atoms with Crippen molar-refractivity contribution in [2.75, 3.05) is 0 Å². The fraction of sp³-hybridized carbons (Fsp3) is 0.600. The van der Waals surface area contributed by atoms with Crippen molar-refractivity contribution in [3.8, 4) is 0 Å². The minimum Gasteiger partial charge on any atom is -0.352 e. The van der Waals surface area contributed by atoms with E-state index in [2.05, 4.69) is 36.6 Å². The molecule has 2 aliphatic heterocycles. The Bertz CT molecular complexity index is 656. The van der Waals surface area contributed by atoms with Gasteiger partial charge >= 0.3 is 0 Å². The van der Waals surface area contributed by atoms with Crippen molar-refractivity contribution in [3.05, 3.63) is 35.4 Å².